The molecule has 0 aromatic rings. The minimum absolute atomic E-state index is 0.155. The third-order valence-corrected chi connectivity index (χ3v) is 1.93. The molecule has 1 fully saturated rings. The van der Waals surface area contributed by atoms with Crippen molar-refractivity contribution in [2.24, 2.45) is 0 Å². The summed E-state index contributed by atoms with van der Waals surface area (Å²) in [6, 6.07) is 0. The van der Waals surface area contributed by atoms with Crippen LogP contribution >= 0.6 is 12.6 Å². The number of hydrogen-bond acceptors (Lipinski definition) is 5. The Balaban J connectivity index is 2.52. The van der Waals surface area contributed by atoms with Crippen LogP contribution in [0.1, 0.15) is 0 Å². The van der Waals surface area contributed by atoms with Crippen molar-refractivity contribution in [3.63, 3.8) is 0 Å². The topological polar surface area (TPSA) is 69.9 Å². The van der Waals surface area contributed by atoms with Gasteiger partial charge in [0.15, 0.2) is 6.29 Å². The smallest absolute Gasteiger partial charge is 0.183 e. The lowest BCUT2D eigenvalue weighted by Gasteiger charge is -2.32. The monoisotopic (exact) mass is 166 g/mol. The van der Waals surface area contributed by atoms with E-state index in [9.17, 15) is 0 Å². The van der Waals surface area contributed by atoms with Crippen molar-refractivity contribution in [2.45, 2.75) is 23.7 Å². The third-order valence-electron chi connectivity index (χ3n) is 1.47. The molecule has 1 aliphatic heterocycles. The van der Waals surface area contributed by atoms with Gasteiger partial charge in [0.25, 0.3) is 0 Å². The molecule has 0 amide bonds. The molecule has 0 aliphatic carbocycles. The summed E-state index contributed by atoms with van der Waals surface area (Å²) in [5.74, 6) is 0. The molecule has 0 spiro atoms. The largest absolute Gasteiger partial charge is 0.389 e. The maximum Gasteiger partial charge on any atom is 0.183 e. The fourth-order valence-corrected chi connectivity index (χ4v) is 1.05. The van der Waals surface area contributed by atoms with Gasteiger partial charge in [0.2, 0.25) is 0 Å². The van der Waals surface area contributed by atoms with Crippen molar-refractivity contribution in [3.05, 3.63) is 0 Å². The molecule has 0 radical (unpaired) electrons. The lowest BCUT2D eigenvalue weighted by molar-refractivity contribution is -0.216. The standard InChI is InChI=1S/C5H10O4S/c6-3-2(10)1-9-5(8)4(3)7/h2-8,10H,1H2/t2-,3+,4-,5+/m1/s1. The second kappa shape index (κ2) is 3.06. The summed E-state index contributed by atoms with van der Waals surface area (Å²) in [5.41, 5.74) is 0. The second-order valence-electron chi connectivity index (χ2n) is 2.27. The van der Waals surface area contributed by atoms with Crippen molar-refractivity contribution < 1.29 is 20.1 Å². The van der Waals surface area contributed by atoms with E-state index < -0.39 is 23.7 Å². The van der Waals surface area contributed by atoms with Gasteiger partial charge in [-0.15, -0.1) is 0 Å². The number of rotatable bonds is 0. The Kier molecular flexibility index (Phi) is 2.54. The molecular formula is C5H10O4S. The lowest BCUT2D eigenvalue weighted by Crippen LogP contribution is -2.50. The molecule has 5 heteroatoms. The molecule has 4 nitrogen and oxygen atoms in total. The van der Waals surface area contributed by atoms with E-state index in [1.165, 1.54) is 0 Å². The van der Waals surface area contributed by atoms with Crippen LogP contribution < -0.4 is 0 Å². The first-order valence-corrected chi connectivity index (χ1v) is 3.48. The molecular weight excluding hydrogens is 156 g/mol. The van der Waals surface area contributed by atoms with Crippen LogP contribution in [-0.4, -0.2) is 45.7 Å². The van der Waals surface area contributed by atoms with Crippen molar-refractivity contribution in [1.29, 1.82) is 0 Å². The number of thiol groups is 1. The molecule has 0 bridgehead atoms. The van der Waals surface area contributed by atoms with Crippen LogP contribution in [0.3, 0.4) is 0 Å². The Morgan fingerprint density at radius 1 is 1.20 bits per heavy atom. The summed E-state index contributed by atoms with van der Waals surface area (Å²) in [6.45, 7) is 0.155. The van der Waals surface area contributed by atoms with E-state index >= 15 is 0 Å². The first-order chi connectivity index (χ1) is 4.63. The molecule has 3 N–H and O–H groups in total. The SMILES string of the molecule is O[C@@H]1[C@@H](O)[C@@H](O)OC[C@H]1S. The van der Waals surface area contributed by atoms with Gasteiger partial charge in [0.05, 0.1) is 18.0 Å². The quantitative estimate of drug-likeness (QED) is 0.326. The van der Waals surface area contributed by atoms with Crippen LogP contribution in [-0.2, 0) is 4.74 Å². The average molecular weight is 166 g/mol. The summed E-state index contributed by atoms with van der Waals surface area (Å²) in [6.07, 6.45) is -3.53. The van der Waals surface area contributed by atoms with Gasteiger partial charge in [0, 0.05) is 0 Å². The second-order valence-corrected chi connectivity index (χ2v) is 2.94. The minimum atomic E-state index is -1.28. The highest BCUT2D eigenvalue weighted by Gasteiger charge is 2.35. The zero-order chi connectivity index (χ0) is 7.72. The number of aliphatic hydroxyl groups excluding tert-OH is 3. The summed E-state index contributed by atoms with van der Waals surface area (Å²) < 4.78 is 4.64. The Morgan fingerprint density at radius 2 is 1.80 bits per heavy atom. The van der Waals surface area contributed by atoms with E-state index in [0.29, 0.717) is 0 Å². The highest BCUT2D eigenvalue weighted by molar-refractivity contribution is 7.81. The Labute approximate surface area is 63.8 Å². The van der Waals surface area contributed by atoms with Crippen molar-refractivity contribution in [3.8, 4) is 0 Å². The minimum Gasteiger partial charge on any atom is -0.389 e. The van der Waals surface area contributed by atoms with E-state index in [0.717, 1.165) is 0 Å². The van der Waals surface area contributed by atoms with Crippen molar-refractivity contribution in [2.75, 3.05) is 6.61 Å². The predicted molar refractivity (Wildman–Crippen MR) is 36.7 cm³/mol. The number of ether oxygens (including phenoxy) is 1. The molecule has 10 heavy (non-hydrogen) atoms. The van der Waals surface area contributed by atoms with Crippen LogP contribution in [0.25, 0.3) is 0 Å². The molecule has 4 atom stereocenters. The lowest BCUT2D eigenvalue weighted by atomic mass is 10.1. The first-order valence-electron chi connectivity index (χ1n) is 2.97. The van der Waals surface area contributed by atoms with Crippen molar-refractivity contribution in [1.82, 2.24) is 0 Å². The molecule has 0 unspecified atom stereocenters. The average Bonchev–Trinajstić information content (AvgIpc) is 1.93. The van der Waals surface area contributed by atoms with E-state index in [2.05, 4.69) is 17.4 Å². The molecule has 1 aliphatic rings. The normalized spacial score (nSPS) is 49.2. The fraction of sp³-hybridized carbons (Fsp3) is 1.00. The molecule has 0 aromatic heterocycles. The van der Waals surface area contributed by atoms with Gasteiger partial charge in [-0.25, -0.2) is 0 Å². The van der Waals surface area contributed by atoms with E-state index in [4.69, 9.17) is 15.3 Å². The molecule has 0 aromatic carbocycles. The van der Waals surface area contributed by atoms with Crippen LogP contribution in [0.4, 0.5) is 0 Å². The highest BCUT2D eigenvalue weighted by atomic mass is 32.1. The van der Waals surface area contributed by atoms with Gasteiger partial charge in [-0.3, -0.25) is 0 Å². The van der Waals surface area contributed by atoms with Gasteiger partial charge >= 0.3 is 0 Å². The van der Waals surface area contributed by atoms with E-state index in [-0.39, 0.29) is 6.61 Å². The zero-order valence-electron chi connectivity index (χ0n) is 5.21. The zero-order valence-corrected chi connectivity index (χ0v) is 6.11. The number of hydrogen-bond donors (Lipinski definition) is 4. The summed E-state index contributed by atoms with van der Waals surface area (Å²) in [5, 5.41) is 26.4. The molecule has 60 valence electrons. The predicted octanol–water partition coefficient (Wildman–Crippen LogP) is -1.64. The van der Waals surface area contributed by atoms with Crippen LogP contribution in [0.5, 0.6) is 0 Å². The molecule has 1 heterocycles. The molecule has 1 rings (SSSR count). The van der Waals surface area contributed by atoms with Crippen LogP contribution in [0.2, 0.25) is 0 Å². The van der Waals surface area contributed by atoms with E-state index in [1.54, 1.807) is 0 Å². The van der Waals surface area contributed by atoms with Gasteiger partial charge < -0.3 is 20.1 Å². The third kappa shape index (κ3) is 1.43. The van der Waals surface area contributed by atoms with Crippen molar-refractivity contribution >= 4 is 12.6 Å². The van der Waals surface area contributed by atoms with Gasteiger partial charge in [-0.2, -0.15) is 12.6 Å². The Morgan fingerprint density at radius 3 is 2.30 bits per heavy atom. The Hall–Kier alpha value is 0.190. The Bertz CT molecular complexity index is 106. The highest BCUT2D eigenvalue weighted by Crippen LogP contribution is 2.16. The van der Waals surface area contributed by atoms with Gasteiger partial charge in [0.1, 0.15) is 6.10 Å². The summed E-state index contributed by atoms with van der Waals surface area (Å²) in [4.78, 5) is 0. The van der Waals surface area contributed by atoms with Crippen LogP contribution in [0, 0.1) is 0 Å². The van der Waals surface area contributed by atoms with Gasteiger partial charge in [-0.1, -0.05) is 0 Å². The summed E-state index contributed by atoms with van der Waals surface area (Å²) in [7, 11) is 0. The maximum atomic E-state index is 9.05. The fourth-order valence-electron chi connectivity index (χ4n) is 0.791. The first kappa shape index (κ1) is 8.29. The van der Waals surface area contributed by atoms with Crippen LogP contribution in [0.15, 0.2) is 0 Å². The molecule has 1 saturated heterocycles. The van der Waals surface area contributed by atoms with Gasteiger partial charge in [-0.05, 0) is 0 Å². The molecule has 0 saturated carbocycles. The summed E-state index contributed by atoms with van der Waals surface area (Å²) >= 11 is 3.91. The maximum absolute atomic E-state index is 9.05. The number of aliphatic hydroxyl groups is 3. The van der Waals surface area contributed by atoms with E-state index in [1.807, 2.05) is 0 Å².